The van der Waals surface area contributed by atoms with Crippen molar-refractivity contribution in [2.24, 2.45) is 10.9 Å². The molecule has 100 valence electrons. The van der Waals surface area contributed by atoms with Crippen LogP contribution >= 0.6 is 23.2 Å². The lowest BCUT2D eigenvalue weighted by Gasteiger charge is -2.35. The van der Waals surface area contributed by atoms with Gasteiger partial charge in [-0.2, -0.15) is 0 Å². The molecule has 0 aromatic heterocycles. The first-order chi connectivity index (χ1) is 9.08. The van der Waals surface area contributed by atoms with Gasteiger partial charge in [-0.3, -0.25) is 0 Å². The summed E-state index contributed by atoms with van der Waals surface area (Å²) in [6.45, 7) is 4.96. The fourth-order valence-corrected chi connectivity index (χ4v) is 4.36. The third-order valence-electron chi connectivity index (χ3n) is 4.95. The van der Waals surface area contributed by atoms with Gasteiger partial charge < -0.3 is 4.90 Å². The van der Waals surface area contributed by atoms with Gasteiger partial charge in [0.15, 0.2) is 0 Å². The number of fused-ring (bicyclic) bond motifs is 6. The van der Waals surface area contributed by atoms with Gasteiger partial charge in [0, 0.05) is 24.1 Å². The molecule has 1 saturated heterocycles. The predicted molar refractivity (Wildman–Crippen MR) is 79.7 cm³/mol. The van der Waals surface area contributed by atoms with Gasteiger partial charge in [-0.1, -0.05) is 23.2 Å². The normalized spacial score (nSPS) is 27.4. The molecular weight excluding hydrogens is 279 g/mol. The largest absolute Gasteiger partial charge is 0.352 e. The first-order valence-electron chi connectivity index (χ1n) is 6.90. The molecular formula is C15H16Cl2N2. The third-order valence-corrected chi connectivity index (χ3v) is 6.03. The van der Waals surface area contributed by atoms with Crippen LogP contribution in [0.1, 0.15) is 36.0 Å². The lowest BCUT2D eigenvalue weighted by molar-refractivity contribution is 0.317. The number of nitrogens with zero attached hydrogens (tertiary/aromatic N) is 2. The van der Waals surface area contributed by atoms with E-state index in [1.54, 1.807) is 0 Å². The number of piperidine rings is 1. The van der Waals surface area contributed by atoms with Gasteiger partial charge in [-0.25, -0.2) is 4.99 Å². The number of aliphatic imine (C=N–C) groups is 1. The second kappa shape index (κ2) is 3.89. The number of halogens is 2. The molecule has 2 atom stereocenters. The predicted octanol–water partition coefficient (Wildman–Crippen LogP) is 4.64. The fourth-order valence-electron chi connectivity index (χ4n) is 3.88. The summed E-state index contributed by atoms with van der Waals surface area (Å²) in [6, 6.07) is 0.684. The van der Waals surface area contributed by atoms with E-state index in [4.69, 9.17) is 28.2 Å². The first kappa shape index (κ1) is 12.0. The van der Waals surface area contributed by atoms with Crippen LogP contribution in [0.4, 0.5) is 5.69 Å². The Labute approximate surface area is 123 Å². The Morgan fingerprint density at radius 3 is 2.68 bits per heavy atom. The van der Waals surface area contributed by atoms with E-state index in [1.165, 1.54) is 25.1 Å². The third kappa shape index (κ3) is 1.47. The number of rotatable bonds is 0. The van der Waals surface area contributed by atoms with Crippen LogP contribution in [-0.4, -0.2) is 16.8 Å². The van der Waals surface area contributed by atoms with E-state index < -0.39 is 0 Å². The van der Waals surface area contributed by atoms with E-state index in [-0.39, 0.29) is 0 Å². The second-order valence-corrected chi connectivity index (χ2v) is 6.72. The highest BCUT2D eigenvalue weighted by molar-refractivity contribution is 6.37. The van der Waals surface area contributed by atoms with Crippen molar-refractivity contribution < 1.29 is 0 Å². The molecule has 0 spiro atoms. The van der Waals surface area contributed by atoms with Crippen LogP contribution in [0, 0.1) is 19.8 Å². The van der Waals surface area contributed by atoms with Crippen LogP contribution < -0.4 is 0 Å². The Bertz CT molecular complexity index is 621. The zero-order valence-electron chi connectivity index (χ0n) is 11.1. The molecule has 2 aliphatic heterocycles. The fraction of sp³-hybridized carbons (Fsp3) is 0.533. The number of benzene rings is 1. The van der Waals surface area contributed by atoms with Crippen LogP contribution in [0.2, 0.25) is 10.0 Å². The summed E-state index contributed by atoms with van der Waals surface area (Å²) in [5.74, 6) is 1.94. The van der Waals surface area contributed by atoms with Gasteiger partial charge in [0.05, 0.1) is 15.7 Å². The van der Waals surface area contributed by atoms with Crippen molar-refractivity contribution in [3.05, 3.63) is 26.7 Å². The van der Waals surface area contributed by atoms with Gasteiger partial charge in [0.2, 0.25) is 0 Å². The highest BCUT2D eigenvalue weighted by Crippen LogP contribution is 2.48. The molecule has 2 heterocycles. The molecule has 4 rings (SSSR count). The molecule has 1 aliphatic carbocycles. The van der Waals surface area contributed by atoms with Gasteiger partial charge >= 0.3 is 0 Å². The molecule has 2 unspecified atom stereocenters. The van der Waals surface area contributed by atoms with Gasteiger partial charge in [-0.15, -0.1) is 0 Å². The van der Waals surface area contributed by atoms with Crippen molar-refractivity contribution >= 4 is 34.7 Å². The van der Waals surface area contributed by atoms with Crippen molar-refractivity contribution in [1.82, 2.24) is 4.90 Å². The summed E-state index contributed by atoms with van der Waals surface area (Å²) in [5, 5.41) is 1.57. The Kier molecular flexibility index (Phi) is 2.47. The lowest BCUT2D eigenvalue weighted by Crippen LogP contribution is -2.38. The van der Waals surface area contributed by atoms with Crippen LogP contribution in [0.5, 0.6) is 0 Å². The lowest BCUT2D eigenvalue weighted by atomic mass is 9.99. The minimum atomic E-state index is 0.663. The van der Waals surface area contributed by atoms with E-state index in [2.05, 4.69) is 11.8 Å². The topological polar surface area (TPSA) is 15.6 Å². The van der Waals surface area contributed by atoms with Gasteiger partial charge in [0.25, 0.3) is 0 Å². The van der Waals surface area contributed by atoms with Crippen molar-refractivity contribution in [3.63, 3.8) is 0 Å². The summed E-state index contributed by atoms with van der Waals surface area (Å²) in [7, 11) is 0. The van der Waals surface area contributed by atoms with E-state index in [9.17, 15) is 0 Å². The van der Waals surface area contributed by atoms with Crippen molar-refractivity contribution in [2.45, 2.75) is 45.7 Å². The number of hydrogen-bond acceptors (Lipinski definition) is 2. The van der Waals surface area contributed by atoms with Crippen molar-refractivity contribution in [1.29, 1.82) is 0 Å². The molecule has 1 aromatic carbocycles. The Balaban J connectivity index is 1.94. The zero-order valence-corrected chi connectivity index (χ0v) is 12.6. The van der Waals surface area contributed by atoms with Crippen LogP contribution in [0.3, 0.4) is 0 Å². The maximum Gasteiger partial charge on any atom is 0.109 e. The molecule has 1 aromatic rings. The van der Waals surface area contributed by atoms with E-state index >= 15 is 0 Å². The average molecular weight is 295 g/mol. The van der Waals surface area contributed by atoms with Crippen molar-refractivity contribution in [2.75, 3.05) is 0 Å². The first-order valence-corrected chi connectivity index (χ1v) is 7.65. The molecule has 0 N–H and O–H groups in total. The van der Waals surface area contributed by atoms with E-state index in [0.29, 0.717) is 12.0 Å². The molecule has 19 heavy (non-hydrogen) atoms. The smallest absolute Gasteiger partial charge is 0.109 e. The summed E-state index contributed by atoms with van der Waals surface area (Å²) in [4.78, 5) is 7.39. The standard InChI is InChI=1S/C15H16Cl2N2/c1-7-12(16)8(2)14-11(13(7)17)6-19-10-4-3-9(5-10)15(19)18-14/h9-10H,3-6H2,1-2H3. The average Bonchev–Trinajstić information content (AvgIpc) is 3.03. The van der Waals surface area contributed by atoms with Gasteiger partial charge in [-0.05, 0) is 44.2 Å². The van der Waals surface area contributed by atoms with E-state index in [1.807, 2.05) is 6.92 Å². The number of amidine groups is 1. The highest BCUT2D eigenvalue weighted by atomic mass is 35.5. The number of hydrogen-bond donors (Lipinski definition) is 0. The Morgan fingerprint density at radius 2 is 1.89 bits per heavy atom. The van der Waals surface area contributed by atoms with E-state index in [0.717, 1.165) is 39.0 Å². The zero-order chi connectivity index (χ0) is 13.3. The molecule has 0 radical (unpaired) electrons. The van der Waals surface area contributed by atoms with Gasteiger partial charge in [0.1, 0.15) is 5.84 Å². The minimum absolute atomic E-state index is 0.663. The molecule has 1 saturated carbocycles. The molecule has 4 heteroatoms. The monoisotopic (exact) mass is 294 g/mol. The summed E-state index contributed by atoms with van der Waals surface area (Å²) in [6.07, 6.45) is 3.88. The molecule has 0 amide bonds. The summed E-state index contributed by atoms with van der Waals surface area (Å²) < 4.78 is 0. The van der Waals surface area contributed by atoms with Crippen LogP contribution in [-0.2, 0) is 6.54 Å². The van der Waals surface area contributed by atoms with Crippen molar-refractivity contribution in [3.8, 4) is 0 Å². The quantitative estimate of drug-likeness (QED) is 0.681. The summed E-state index contributed by atoms with van der Waals surface area (Å²) >= 11 is 12.9. The molecule has 2 nitrogen and oxygen atoms in total. The SMILES string of the molecule is Cc1c(Cl)c(C)c2c(c1Cl)CN1C(=N2)C2CCC1C2. The Morgan fingerprint density at radius 1 is 1.11 bits per heavy atom. The maximum absolute atomic E-state index is 6.50. The van der Waals surface area contributed by atoms with Crippen LogP contribution in [0.15, 0.2) is 4.99 Å². The summed E-state index contributed by atoms with van der Waals surface area (Å²) in [5.41, 5.74) is 4.26. The maximum atomic E-state index is 6.50. The van der Waals surface area contributed by atoms with Crippen LogP contribution in [0.25, 0.3) is 0 Å². The molecule has 2 bridgehead atoms. The second-order valence-electron chi connectivity index (χ2n) is 5.97. The highest BCUT2D eigenvalue weighted by Gasteiger charge is 2.45. The molecule has 3 aliphatic rings. The Hall–Kier alpha value is -0.730. The molecule has 2 fully saturated rings. The minimum Gasteiger partial charge on any atom is -0.352 e.